The van der Waals surface area contributed by atoms with Gasteiger partial charge in [-0.25, -0.2) is 13.6 Å². The van der Waals surface area contributed by atoms with E-state index in [0.717, 1.165) is 39.8 Å². The number of hydrogen-bond donors (Lipinski definition) is 2. The third kappa shape index (κ3) is 3.99. The first-order valence-electron chi connectivity index (χ1n) is 11.4. The van der Waals surface area contributed by atoms with Gasteiger partial charge < -0.3 is 14.8 Å². The summed E-state index contributed by atoms with van der Waals surface area (Å²) in [4.78, 5) is 16.9. The second-order valence-corrected chi connectivity index (χ2v) is 9.41. The van der Waals surface area contributed by atoms with E-state index in [1.165, 1.54) is 0 Å². The van der Waals surface area contributed by atoms with Gasteiger partial charge in [-0.2, -0.15) is 0 Å². The Morgan fingerprint density at radius 1 is 1.27 bits per heavy atom. The van der Waals surface area contributed by atoms with E-state index >= 15 is 0 Å². The molecular formula is C26H28F2N2O3. The predicted octanol–water partition coefficient (Wildman–Crippen LogP) is 5.79. The van der Waals surface area contributed by atoms with E-state index in [1.54, 1.807) is 19.2 Å². The van der Waals surface area contributed by atoms with Gasteiger partial charge in [0.1, 0.15) is 5.75 Å². The number of hydrogen-bond acceptors (Lipinski definition) is 3. The van der Waals surface area contributed by atoms with Gasteiger partial charge in [0.25, 0.3) is 5.92 Å². The van der Waals surface area contributed by atoms with E-state index in [2.05, 4.69) is 9.88 Å². The largest absolute Gasteiger partial charge is 0.496 e. The monoisotopic (exact) mass is 454 g/mol. The molecule has 2 N–H and O–H groups in total. The Hall–Kier alpha value is -2.93. The number of ether oxygens (including phenoxy) is 1. The van der Waals surface area contributed by atoms with Crippen molar-refractivity contribution < 1.29 is 23.4 Å². The van der Waals surface area contributed by atoms with E-state index in [-0.39, 0.29) is 23.9 Å². The third-order valence-corrected chi connectivity index (χ3v) is 7.43. The highest BCUT2D eigenvalue weighted by Crippen LogP contribution is 2.57. The number of H-pyrrole nitrogens is 1. The molecule has 0 amide bonds. The van der Waals surface area contributed by atoms with Gasteiger partial charge in [-0.3, -0.25) is 4.90 Å². The highest BCUT2D eigenvalue weighted by atomic mass is 19.3. The number of alkyl halides is 2. The highest BCUT2D eigenvalue weighted by Gasteiger charge is 2.60. The summed E-state index contributed by atoms with van der Waals surface area (Å²) in [6.07, 6.45) is 3.27. The van der Waals surface area contributed by atoms with E-state index in [4.69, 9.17) is 4.74 Å². The summed E-state index contributed by atoms with van der Waals surface area (Å²) in [5.41, 5.74) is 4.43. The normalized spacial score (nSPS) is 24.7. The molecule has 2 fully saturated rings. The number of nitrogens with zero attached hydrogens (tertiary/aromatic N) is 1. The molecule has 3 aromatic rings. The second-order valence-electron chi connectivity index (χ2n) is 9.41. The molecule has 33 heavy (non-hydrogen) atoms. The molecule has 5 rings (SSSR count). The smallest absolute Gasteiger partial charge is 0.335 e. The molecule has 0 spiro atoms. The van der Waals surface area contributed by atoms with Crippen LogP contribution in [-0.2, 0) is 6.54 Å². The molecule has 2 aromatic carbocycles. The van der Waals surface area contributed by atoms with Crippen LogP contribution in [-0.4, -0.2) is 40.5 Å². The number of aromatic carboxylic acids is 1. The average Bonchev–Trinajstić information content (AvgIpc) is 3.20. The van der Waals surface area contributed by atoms with Crippen molar-refractivity contribution in [3.05, 3.63) is 64.8 Å². The summed E-state index contributed by atoms with van der Waals surface area (Å²) >= 11 is 0. The van der Waals surface area contributed by atoms with Gasteiger partial charge in [-0.15, -0.1) is 0 Å². The number of methoxy groups -OCH3 is 1. The standard InChI is InChI=1S/C26H28F2N2O3/c1-15-11-23(33-2)20(19-7-9-29-24(15)19)14-30-10-8-18(21-13-26(21,27)28)12-22(30)16-3-5-17(6-4-16)25(31)32/h3-7,9,11,18,21-22,29H,8,10,12-14H2,1-2H3,(H,31,32)/t18-,21?,22-/m0/s1. The van der Waals surface area contributed by atoms with Crippen LogP contribution in [0.5, 0.6) is 5.75 Å². The fraction of sp³-hybridized carbons (Fsp3) is 0.423. The van der Waals surface area contributed by atoms with Gasteiger partial charge >= 0.3 is 5.97 Å². The number of aromatic amines is 1. The number of likely N-dealkylation sites (tertiary alicyclic amines) is 1. The maximum absolute atomic E-state index is 13.9. The number of carboxylic acids is 1. The summed E-state index contributed by atoms with van der Waals surface area (Å²) in [6.45, 7) is 3.36. The van der Waals surface area contributed by atoms with Crippen LogP contribution >= 0.6 is 0 Å². The minimum absolute atomic E-state index is 0.0158. The van der Waals surface area contributed by atoms with Crippen LogP contribution in [0.1, 0.15) is 52.4 Å². The number of halogens is 2. The fourth-order valence-corrected chi connectivity index (χ4v) is 5.52. The fourth-order valence-electron chi connectivity index (χ4n) is 5.52. The molecule has 7 heteroatoms. The number of carbonyl (C=O) groups is 1. The van der Waals surface area contributed by atoms with Crippen molar-refractivity contribution in [2.45, 2.75) is 44.7 Å². The average molecular weight is 455 g/mol. The Morgan fingerprint density at radius 3 is 2.64 bits per heavy atom. The van der Waals surface area contributed by atoms with Crippen LogP contribution in [0.3, 0.4) is 0 Å². The molecule has 0 radical (unpaired) electrons. The van der Waals surface area contributed by atoms with Crippen molar-refractivity contribution in [2.24, 2.45) is 11.8 Å². The van der Waals surface area contributed by atoms with Crippen molar-refractivity contribution in [1.29, 1.82) is 0 Å². The van der Waals surface area contributed by atoms with Crippen molar-refractivity contribution >= 4 is 16.9 Å². The number of rotatable bonds is 6. The number of aryl methyl sites for hydroxylation is 1. The van der Waals surface area contributed by atoms with Crippen molar-refractivity contribution in [3.8, 4) is 5.75 Å². The van der Waals surface area contributed by atoms with Gasteiger partial charge in [0.2, 0.25) is 0 Å². The number of carboxylic acid groups (broad SMARTS) is 1. The lowest BCUT2D eigenvalue weighted by Crippen LogP contribution is -2.37. The zero-order valence-electron chi connectivity index (χ0n) is 18.8. The quantitative estimate of drug-likeness (QED) is 0.495. The van der Waals surface area contributed by atoms with Gasteiger partial charge in [-0.05, 0) is 67.6 Å². The Morgan fingerprint density at radius 2 is 2.00 bits per heavy atom. The lowest BCUT2D eigenvalue weighted by atomic mass is 9.83. The maximum atomic E-state index is 13.9. The molecule has 1 saturated heterocycles. The molecule has 1 aromatic heterocycles. The topological polar surface area (TPSA) is 65.6 Å². The zero-order valence-corrected chi connectivity index (χ0v) is 18.8. The van der Waals surface area contributed by atoms with Crippen LogP contribution in [0.25, 0.3) is 10.9 Å². The first-order chi connectivity index (χ1) is 15.8. The minimum atomic E-state index is -2.54. The van der Waals surface area contributed by atoms with Gasteiger partial charge in [0.05, 0.1) is 12.7 Å². The molecule has 5 nitrogen and oxygen atoms in total. The van der Waals surface area contributed by atoms with Crippen LogP contribution < -0.4 is 4.74 Å². The minimum Gasteiger partial charge on any atom is -0.496 e. The number of fused-ring (bicyclic) bond motifs is 1. The van der Waals surface area contributed by atoms with Crippen molar-refractivity contribution in [1.82, 2.24) is 9.88 Å². The SMILES string of the molecule is COc1cc(C)c2[nH]ccc2c1CN1CC[C@H](C2CC2(F)F)C[C@H]1c1ccc(C(=O)O)cc1. The summed E-state index contributed by atoms with van der Waals surface area (Å²) in [7, 11) is 1.67. The Bertz CT molecular complexity index is 1190. The lowest BCUT2D eigenvalue weighted by molar-refractivity contribution is 0.0469. The molecule has 1 aliphatic carbocycles. The van der Waals surface area contributed by atoms with Gasteiger partial charge in [0.15, 0.2) is 0 Å². The molecule has 2 aliphatic rings. The first-order valence-corrected chi connectivity index (χ1v) is 11.4. The van der Waals surface area contributed by atoms with Crippen LogP contribution in [0.2, 0.25) is 0 Å². The van der Waals surface area contributed by atoms with Crippen molar-refractivity contribution in [2.75, 3.05) is 13.7 Å². The van der Waals surface area contributed by atoms with Crippen LogP contribution in [0, 0.1) is 18.8 Å². The summed E-state index contributed by atoms with van der Waals surface area (Å²) in [5.74, 6) is -3.27. The second kappa shape index (κ2) is 8.13. The number of benzene rings is 2. The Balaban J connectivity index is 1.49. The Kier molecular flexibility index (Phi) is 5.40. The maximum Gasteiger partial charge on any atom is 0.335 e. The van der Waals surface area contributed by atoms with E-state index in [1.807, 2.05) is 37.4 Å². The van der Waals surface area contributed by atoms with E-state index < -0.39 is 17.8 Å². The van der Waals surface area contributed by atoms with Crippen LogP contribution in [0.4, 0.5) is 8.78 Å². The molecular weight excluding hydrogens is 426 g/mol. The summed E-state index contributed by atoms with van der Waals surface area (Å²) < 4.78 is 33.5. The molecule has 174 valence electrons. The van der Waals surface area contributed by atoms with Crippen molar-refractivity contribution in [3.63, 3.8) is 0 Å². The summed E-state index contributed by atoms with van der Waals surface area (Å²) in [5, 5.41) is 10.4. The molecule has 2 heterocycles. The Labute approximate surface area is 191 Å². The van der Waals surface area contributed by atoms with Gasteiger partial charge in [-0.1, -0.05) is 12.1 Å². The number of piperidine rings is 1. The van der Waals surface area contributed by atoms with E-state index in [9.17, 15) is 18.7 Å². The number of aromatic nitrogens is 1. The lowest BCUT2D eigenvalue weighted by Gasteiger charge is -2.40. The summed E-state index contributed by atoms with van der Waals surface area (Å²) in [6, 6.07) is 10.9. The molecule has 1 aliphatic heterocycles. The van der Waals surface area contributed by atoms with E-state index in [0.29, 0.717) is 19.5 Å². The zero-order chi connectivity index (χ0) is 23.3. The third-order valence-electron chi connectivity index (χ3n) is 7.43. The molecule has 3 atom stereocenters. The van der Waals surface area contributed by atoms with Gasteiger partial charge in [0, 0.05) is 47.6 Å². The highest BCUT2D eigenvalue weighted by molar-refractivity contribution is 5.88. The number of nitrogens with one attached hydrogen (secondary N) is 1. The first kappa shape index (κ1) is 21.9. The molecule has 1 saturated carbocycles. The molecule has 1 unspecified atom stereocenters. The van der Waals surface area contributed by atoms with Crippen LogP contribution in [0.15, 0.2) is 42.6 Å². The predicted molar refractivity (Wildman–Crippen MR) is 122 cm³/mol. The molecule has 0 bridgehead atoms.